The number of nitro groups is 1. The van der Waals surface area contributed by atoms with Gasteiger partial charge < -0.3 is 10.2 Å². The van der Waals surface area contributed by atoms with E-state index in [2.05, 4.69) is 17.1 Å². The van der Waals surface area contributed by atoms with Gasteiger partial charge in [0.15, 0.2) is 0 Å². The Balaban J connectivity index is 1.98. The predicted molar refractivity (Wildman–Crippen MR) is 80.7 cm³/mol. The van der Waals surface area contributed by atoms with E-state index in [-0.39, 0.29) is 22.7 Å². The minimum absolute atomic E-state index is 0.0200. The van der Waals surface area contributed by atoms with Gasteiger partial charge in [0.05, 0.1) is 4.92 Å². The number of amides is 1. The van der Waals surface area contributed by atoms with Crippen molar-refractivity contribution >= 4 is 23.2 Å². The first-order valence-electron chi connectivity index (χ1n) is 6.98. The number of benzene rings is 1. The zero-order valence-electron chi connectivity index (χ0n) is 11.8. The summed E-state index contributed by atoms with van der Waals surface area (Å²) >= 11 is 5.82. The van der Waals surface area contributed by atoms with Crippen LogP contribution in [0.3, 0.4) is 0 Å². The molecule has 0 radical (unpaired) electrons. The molecule has 1 aliphatic rings. The fourth-order valence-electron chi connectivity index (χ4n) is 2.46. The van der Waals surface area contributed by atoms with Gasteiger partial charge in [-0.15, -0.1) is 0 Å². The van der Waals surface area contributed by atoms with Crippen molar-refractivity contribution in [3.05, 3.63) is 38.9 Å². The van der Waals surface area contributed by atoms with E-state index in [1.807, 2.05) is 0 Å². The van der Waals surface area contributed by atoms with Crippen molar-refractivity contribution in [1.29, 1.82) is 0 Å². The maximum atomic E-state index is 12.1. The zero-order chi connectivity index (χ0) is 15.4. The molecule has 0 atom stereocenters. The maximum absolute atomic E-state index is 12.1. The summed E-state index contributed by atoms with van der Waals surface area (Å²) in [7, 11) is 0. The zero-order valence-corrected chi connectivity index (χ0v) is 12.6. The molecule has 1 aliphatic heterocycles. The van der Waals surface area contributed by atoms with Crippen molar-refractivity contribution in [3.8, 4) is 0 Å². The number of likely N-dealkylation sites (tertiary alicyclic amines) is 1. The fourth-order valence-corrected chi connectivity index (χ4v) is 2.71. The molecule has 1 heterocycles. The van der Waals surface area contributed by atoms with Gasteiger partial charge >= 0.3 is 0 Å². The van der Waals surface area contributed by atoms with Crippen molar-refractivity contribution in [2.75, 3.05) is 19.6 Å². The molecule has 0 spiro atoms. The van der Waals surface area contributed by atoms with Crippen LogP contribution >= 0.6 is 11.6 Å². The van der Waals surface area contributed by atoms with Crippen LogP contribution in [0.1, 0.15) is 30.1 Å². The Hall–Kier alpha value is -1.66. The van der Waals surface area contributed by atoms with Crippen LogP contribution in [-0.2, 0) is 0 Å². The molecule has 2 rings (SSSR count). The van der Waals surface area contributed by atoms with Crippen LogP contribution in [0.5, 0.6) is 0 Å². The number of halogens is 1. The lowest BCUT2D eigenvalue weighted by atomic mass is 10.0. The van der Waals surface area contributed by atoms with Crippen LogP contribution in [0.15, 0.2) is 18.2 Å². The second-order valence-corrected chi connectivity index (χ2v) is 5.51. The van der Waals surface area contributed by atoms with Crippen LogP contribution in [0.2, 0.25) is 5.02 Å². The Morgan fingerprint density at radius 2 is 2.14 bits per heavy atom. The lowest BCUT2D eigenvalue weighted by molar-refractivity contribution is -0.384. The number of nitrogens with one attached hydrogen (secondary N) is 1. The van der Waals surface area contributed by atoms with Crippen molar-refractivity contribution < 1.29 is 9.72 Å². The monoisotopic (exact) mass is 311 g/mol. The van der Waals surface area contributed by atoms with E-state index >= 15 is 0 Å². The van der Waals surface area contributed by atoms with Crippen LogP contribution in [-0.4, -0.2) is 41.4 Å². The highest BCUT2D eigenvalue weighted by Crippen LogP contribution is 2.25. The molecule has 0 unspecified atom stereocenters. The first kappa shape index (κ1) is 15.7. The predicted octanol–water partition coefficient (Wildman–Crippen LogP) is 2.46. The number of piperidine rings is 1. The molecule has 21 heavy (non-hydrogen) atoms. The molecule has 0 aliphatic carbocycles. The summed E-state index contributed by atoms with van der Waals surface area (Å²) < 4.78 is 0. The number of rotatable bonds is 4. The van der Waals surface area contributed by atoms with Crippen LogP contribution < -0.4 is 5.32 Å². The lowest BCUT2D eigenvalue weighted by Crippen LogP contribution is -2.44. The molecule has 114 valence electrons. The van der Waals surface area contributed by atoms with Crippen molar-refractivity contribution in [2.24, 2.45) is 0 Å². The molecule has 1 amide bonds. The standard InChI is InChI=1S/C14H18ClN3O3/c1-2-17-7-5-11(6-8-17)16-14(19)10-3-4-13(18(20)21)12(15)9-10/h3-4,9,11H,2,5-8H2,1H3,(H,16,19). The number of carbonyl (C=O) groups excluding carboxylic acids is 1. The molecule has 1 saturated heterocycles. The van der Waals surface area contributed by atoms with Crippen molar-refractivity contribution in [2.45, 2.75) is 25.8 Å². The fraction of sp³-hybridized carbons (Fsp3) is 0.500. The summed E-state index contributed by atoms with van der Waals surface area (Å²) in [5, 5.41) is 13.6. The molecular formula is C14H18ClN3O3. The Kier molecular flexibility index (Phi) is 5.14. The van der Waals surface area contributed by atoms with E-state index in [0.717, 1.165) is 32.5 Å². The Labute approximate surface area is 128 Å². The molecule has 6 nitrogen and oxygen atoms in total. The largest absolute Gasteiger partial charge is 0.349 e. The first-order valence-corrected chi connectivity index (χ1v) is 7.36. The third kappa shape index (κ3) is 3.92. The van der Waals surface area contributed by atoms with E-state index in [4.69, 9.17) is 11.6 Å². The quantitative estimate of drug-likeness (QED) is 0.684. The summed E-state index contributed by atoms with van der Waals surface area (Å²) in [6.45, 7) is 5.10. The van der Waals surface area contributed by atoms with Crippen LogP contribution in [0.4, 0.5) is 5.69 Å². The van der Waals surface area contributed by atoms with Gasteiger partial charge in [0.2, 0.25) is 0 Å². The molecule has 1 N–H and O–H groups in total. The van der Waals surface area contributed by atoms with E-state index in [0.29, 0.717) is 5.56 Å². The van der Waals surface area contributed by atoms with E-state index in [9.17, 15) is 14.9 Å². The van der Waals surface area contributed by atoms with Gasteiger partial charge in [-0.3, -0.25) is 14.9 Å². The van der Waals surface area contributed by atoms with Gasteiger partial charge in [-0.1, -0.05) is 18.5 Å². The Morgan fingerprint density at radius 3 is 2.67 bits per heavy atom. The molecule has 1 aromatic carbocycles. The minimum Gasteiger partial charge on any atom is -0.349 e. The average molecular weight is 312 g/mol. The Bertz CT molecular complexity index is 542. The third-order valence-corrected chi connectivity index (χ3v) is 4.08. The summed E-state index contributed by atoms with van der Waals surface area (Å²) in [5.41, 5.74) is 0.160. The van der Waals surface area contributed by atoms with Gasteiger partial charge in [-0.05, 0) is 31.5 Å². The van der Waals surface area contributed by atoms with Gasteiger partial charge in [0.25, 0.3) is 11.6 Å². The molecule has 7 heteroatoms. The van der Waals surface area contributed by atoms with E-state index in [1.54, 1.807) is 0 Å². The summed E-state index contributed by atoms with van der Waals surface area (Å²) in [5.74, 6) is -0.234. The van der Waals surface area contributed by atoms with Gasteiger partial charge in [-0.25, -0.2) is 0 Å². The second-order valence-electron chi connectivity index (χ2n) is 5.11. The molecule has 0 bridgehead atoms. The number of hydrogen-bond acceptors (Lipinski definition) is 4. The van der Waals surface area contributed by atoms with Gasteiger partial charge in [0.1, 0.15) is 5.02 Å². The third-order valence-electron chi connectivity index (χ3n) is 3.78. The molecule has 0 saturated carbocycles. The minimum atomic E-state index is -0.565. The summed E-state index contributed by atoms with van der Waals surface area (Å²) in [4.78, 5) is 24.6. The van der Waals surface area contributed by atoms with Gasteiger partial charge in [-0.2, -0.15) is 0 Å². The van der Waals surface area contributed by atoms with Crippen LogP contribution in [0.25, 0.3) is 0 Å². The SMILES string of the molecule is CCN1CCC(NC(=O)c2ccc([N+](=O)[O-])c(Cl)c2)CC1. The van der Waals surface area contributed by atoms with E-state index in [1.165, 1.54) is 18.2 Å². The number of hydrogen-bond donors (Lipinski definition) is 1. The van der Waals surface area contributed by atoms with Crippen LogP contribution in [0, 0.1) is 10.1 Å². The highest BCUT2D eigenvalue weighted by atomic mass is 35.5. The highest BCUT2D eigenvalue weighted by molar-refractivity contribution is 6.33. The number of nitrogens with zero attached hydrogens (tertiary/aromatic N) is 2. The number of carbonyl (C=O) groups is 1. The topological polar surface area (TPSA) is 75.5 Å². The van der Waals surface area contributed by atoms with Gasteiger partial charge in [0, 0.05) is 30.8 Å². The molecule has 1 aromatic rings. The number of nitro benzene ring substituents is 1. The maximum Gasteiger partial charge on any atom is 0.287 e. The highest BCUT2D eigenvalue weighted by Gasteiger charge is 2.21. The average Bonchev–Trinajstić information content (AvgIpc) is 2.47. The van der Waals surface area contributed by atoms with Crippen molar-refractivity contribution in [1.82, 2.24) is 10.2 Å². The summed E-state index contributed by atoms with van der Waals surface area (Å²) in [6.07, 6.45) is 1.83. The molecule has 0 aromatic heterocycles. The first-order chi connectivity index (χ1) is 10.0. The smallest absolute Gasteiger partial charge is 0.287 e. The second kappa shape index (κ2) is 6.87. The Morgan fingerprint density at radius 1 is 1.48 bits per heavy atom. The van der Waals surface area contributed by atoms with E-state index < -0.39 is 4.92 Å². The van der Waals surface area contributed by atoms with Crippen molar-refractivity contribution in [3.63, 3.8) is 0 Å². The molecule has 1 fully saturated rings. The lowest BCUT2D eigenvalue weighted by Gasteiger charge is -2.31. The summed E-state index contributed by atoms with van der Waals surface area (Å²) in [6, 6.07) is 4.18. The molecular weight excluding hydrogens is 294 g/mol. The normalized spacial score (nSPS) is 16.7.